The van der Waals surface area contributed by atoms with Crippen LogP contribution in [-0.4, -0.2) is 17.4 Å². The molecule has 86 valence electrons. The minimum absolute atomic E-state index is 0.0302. The normalized spacial score (nSPS) is 17.1. The Hall–Kier alpha value is -0.250. The lowest BCUT2D eigenvalue weighted by atomic mass is 9.86. The molecule has 14 heavy (non-hydrogen) atoms. The van der Waals surface area contributed by atoms with Gasteiger partial charge < -0.3 is 5.11 Å². The van der Waals surface area contributed by atoms with E-state index < -0.39 is 18.7 Å². The molecule has 0 aliphatic carbocycles. The number of halogens is 3. The highest BCUT2D eigenvalue weighted by Gasteiger charge is 2.27. The molecule has 0 aliphatic heterocycles. The van der Waals surface area contributed by atoms with E-state index in [1.165, 1.54) is 0 Å². The van der Waals surface area contributed by atoms with Crippen LogP contribution in [-0.2, 0) is 0 Å². The summed E-state index contributed by atoms with van der Waals surface area (Å²) < 4.78 is 35.5. The molecule has 0 aromatic rings. The van der Waals surface area contributed by atoms with Crippen LogP contribution in [0, 0.1) is 11.8 Å². The van der Waals surface area contributed by atoms with E-state index in [0.29, 0.717) is 6.42 Å². The Morgan fingerprint density at radius 3 is 1.93 bits per heavy atom. The zero-order valence-electron chi connectivity index (χ0n) is 8.93. The van der Waals surface area contributed by atoms with Gasteiger partial charge in [0.1, 0.15) is 0 Å². The van der Waals surface area contributed by atoms with Crippen LogP contribution in [0.4, 0.5) is 13.2 Å². The molecule has 1 N–H and O–H groups in total. The topological polar surface area (TPSA) is 20.2 Å². The van der Waals surface area contributed by atoms with Crippen LogP contribution in [0.1, 0.15) is 40.0 Å². The lowest BCUT2D eigenvalue weighted by molar-refractivity contribution is -0.136. The molecule has 0 saturated carbocycles. The Balaban J connectivity index is 3.84. The summed E-state index contributed by atoms with van der Waals surface area (Å²) in [6, 6.07) is 0. The fourth-order valence-corrected chi connectivity index (χ4v) is 1.67. The highest BCUT2D eigenvalue weighted by molar-refractivity contribution is 4.69. The highest BCUT2D eigenvalue weighted by Crippen LogP contribution is 2.27. The number of alkyl halides is 3. The van der Waals surface area contributed by atoms with Gasteiger partial charge in [-0.1, -0.05) is 13.8 Å². The molecule has 0 radical (unpaired) electrons. The average molecular weight is 212 g/mol. The van der Waals surface area contributed by atoms with Gasteiger partial charge in [-0.25, -0.2) is 0 Å². The van der Waals surface area contributed by atoms with Gasteiger partial charge in [0.15, 0.2) is 0 Å². The van der Waals surface area contributed by atoms with E-state index >= 15 is 0 Å². The molecule has 0 fully saturated rings. The molecule has 0 aromatic heterocycles. The number of aliphatic hydroxyl groups excluding tert-OH is 1. The quantitative estimate of drug-likeness (QED) is 0.740. The van der Waals surface area contributed by atoms with E-state index in [-0.39, 0.29) is 18.3 Å². The standard InChI is InChI=1S/C10H19F3O/c1-7(2)9(8(3)14)5-4-6-10(11,12)13/h7-9,14H,4-6H2,1-3H3. The van der Waals surface area contributed by atoms with Crippen molar-refractivity contribution in [3.8, 4) is 0 Å². The first-order valence-electron chi connectivity index (χ1n) is 4.99. The van der Waals surface area contributed by atoms with E-state index in [9.17, 15) is 18.3 Å². The number of hydrogen-bond donors (Lipinski definition) is 1. The van der Waals surface area contributed by atoms with Gasteiger partial charge in [-0.2, -0.15) is 13.2 Å². The van der Waals surface area contributed by atoms with Crippen molar-refractivity contribution in [2.45, 2.75) is 52.3 Å². The van der Waals surface area contributed by atoms with Crippen molar-refractivity contribution in [2.24, 2.45) is 11.8 Å². The molecule has 2 atom stereocenters. The van der Waals surface area contributed by atoms with Crippen LogP contribution in [0.3, 0.4) is 0 Å². The Morgan fingerprint density at radius 1 is 1.14 bits per heavy atom. The van der Waals surface area contributed by atoms with Crippen molar-refractivity contribution in [3.63, 3.8) is 0 Å². The number of hydrogen-bond acceptors (Lipinski definition) is 1. The summed E-state index contributed by atoms with van der Waals surface area (Å²) in [6.45, 7) is 5.48. The Morgan fingerprint density at radius 2 is 1.64 bits per heavy atom. The van der Waals surface area contributed by atoms with Crippen LogP contribution < -0.4 is 0 Å². The van der Waals surface area contributed by atoms with Crippen LogP contribution >= 0.6 is 0 Å². The molecule has 0 bridgehead atoms. The summed E-state index contributed by atoms with van der Waals surface area (Å²) >= 11 is 0. The van der Waals surface area contributed by atoms with E-state index in [4.69, 9.17) is 0 Å². The van der Waals surface area contributed by atoms with Gasteiger partial charge in [0.25, 0.3) is 0 Å². The molecule has 1 nitrogen and oxygen atoms in total. The SMILES string of the molecule is CC(C)C(CCCC(F)(F)F)C(C)O. The molecule has 0 aromatic carbocycles. The average Bonchev–Trinajstić information content (AvgIpc) is 1.94. The molecule has 0 rings (SSSR count). The third kappa shape index (κ3) is 6.24. The van der Waals surface area contributed by atoms with Gasteiger partial charge in [-0.05, 0) is 31.6 Å². The zero-order valence-corrected chi connectivity index (χ0v) is 8.93. The molecule has 2 unspecified atom stereocenters. The first kappa shape index (κ1) is 13.8. The van der Waals surface area contributed by atoms with Crippen molar-refractivity contribution < 1.29 is 18.3 Å². The summed E-state index contributed by atoms with van der Waals surface area (Å²) in [4.78, 5) is 0. The molecule has 0 heterocycles. The summed E-state index contributed by atoms with van der Waals surface area (Å²) in [5, 5.41) is 9.33. The van der Waals surface area contributed by atoms with Crippen LogP contribution in [0.25, 0.3) is 0 Å². The lowest BCUT2D eigenvalue weighted by Gasteiger charge is -2.23. The molecule has 0 aliphatic rings. The van der Waals surface area contributed by atoms with Gasteiger partial charge in [0.2, 0.25) is 0 Å². The Labute approximate surface area is 83.3 Å². The third-order valence-corrected chi connectivity index (χ3v) is 2.47. The maximum Gasteiger partial charge on any atom is 0.389 e. The summed E-state index contributed by atoms with van der Waals surface area (Å²) in [6.07, 6.45) is -4.79. The fraction of sp³-hybridized carbons (Fsp3) is 1.00. The molecular weight excluding hydrogens is 193 g/mol. The van der Waals surface area contributed by atoms with Gasteiger partial charge in [0, 0.05) is 6.42 Å². The van der Waals surface area contributed by atoms with Gasteiger partial charge in [0.05, 0.1) is 6.10 Å². The zero-order chi connectivity index (χ0) is 11.4. The third-order valence-electron chi connectivity index (χ3n) is 2.47. The van der Waals surface area contributed by atoms with Crippen molar-refractivity contribution in [1.82, 2.24) is 0 Å². The second kappa shape index (κ2) is 5.59. The minimum Gasteiger partial charge on any atom is -0.393 e. The number of rotatable bonds is 5. The van der Waals surface area contributed by atoms with Gasteiger partial charge in [-0.15, -0.1) is 0 Å². The molecular formula is C10H19F3O. The van der Waals surface area contributed by atoms with Gasteiger partial charge >= 0.3 is 6.18 Å². The second-order valence-electron chi connectivity index (χ2n) is 4.16. The first-order valence-corrected chi connectivity index (χ1v) is 4.99. The highest BCUT2D eigenvalue weighted by atomic mass is 19.4. The van der Waals surface area contributed by atoms with Crippen molar-refractivity contribution in [1.29, 1.82) is 0 Å². The monoisotopic (exact) mass is 212 g/mol. The summed E-state index contributed by atoms with van der Waals surface area (Å²) in [5.41, 5.74) is 0. The number of aliphatic hydroxyl groups is 1. The molecule has 0 saturated heterocycles. The Bertz CT molecular complexity index is 144. The van der Waals surface area contributed by atoms with E-state index in [1.807, 2.05) is 13.8 Å². The molecule has 0 amide bonds. The van der Waals surface area contributed by atoms with Crippen molar-refractivity contribution in [2.75, 3.05) is 0 Å². The maximum absolute atomic E-state index is 11.8. The van der Waals surface area contributed by atoms with Crippen molar-refractivity contribution in [3.05, 3.63) is 0 Å². The predicted molar refractivity (Wildman–Crippen MR) is 49.9 cm³/mol. The Kier molecular flexibility index (Phi) is 5.49. The van der Waals surface area contributed by atoms with E-state index in [2.05, 4.69) is 0 Å². The van der Waals surface area contributed by atoms with Crippen LogP contribution in [0.5, 0.6) is 0 Å². The smallest absolute Gasteiger partial charge is 0.389 e. The van der Waals surface area contributed by atoms with Crippen molar-refractivity contribution >= 4 is 0 Å². The largest absolute Gasteiger partial charge is 0.393 e. The maximum atomic E-state index is 11.8. The first-order chi connectivity index (χ1) is 6.24. The molecule has 0 spiro atoms. The second-order valence-corrected chi connectivity index (χ2v) is 4.16. The van der Waals surface area contributed by atoms with E-state index in [1.54, 1.807) is 6.92 Å². The minimum atomic E-state index is -4.07. The summed E-state index contributed by atoms with van der Waals surface area (Å²) in [5.74, 6) is 0.195. The summed E-state index contributed by atoms with van der Waals surface area (Å²) in [7, 11) is 0. The fourth-order valence-electron chi connectivity index (χ4n) is 1.67. The van der Waals surface area contributed by atoms with Gasteiger partial charge in [-0.3, -0.25) is 0 Å². The van der Waals surface area contributed by atoms with E-state index in [0.717, 1.165) is 0 Å². The van der Waals surface area contributed by atoms with Crippen LogP contribution in [0.15, 0.2) is 0 Å². The molecule has 4 heteroatoms. The predicted octanol–water partition coefficient (Wildman–Crippen LogP) is 3.37. The lowest BCUT2D eigenvalue weighted by Crippen LogP contribution is -2.22. The van der Waals surface area contributed by atoms with Crippen LogP contribution in [0.2, 0.25) is 0 Å².